The van der Waals surface area contributed by atoms with E-state index in [0.29, 0.717) is 49.2 Å². The Morgan fingerprint density at radius 2 is 1.81 bits per heavy atom. The van der Waals surface area contributed by atoms with E-state index in [9.17, 15) is 19.5 Å². The van der Waals surface area contributed by atoms with Crippen LogP contribution in [-0.2, 0) is 7.05 Å². The van der Waals surface area contributed by atoms with Gasteiger partial charge in [-0.25, -0.2) is 4.79 Å². The molecule has 1 aromatic heterocycles. The second kappa shape index (κ2) is 9.37. The van der Waals surface area contributed by atoms with Gasteiger partial charge in [-0.05, 0) is 30.3 Å². The molecule has 4 rings (SSSR count). The van der Waals surface area contributed by atoms with E-state index in [1.54, 1.807) is 17.0 Å². The second-order valence-corrected chi connectivity index (χ2v) is 7.93. The molecular weight excluding hydrogens is 412 g/mol. The Balaban J connectivity index is 1.33. The van der Waals surface area contributed by atoms with E-state index in [2.05, 4.69) is 9.88 Å². The van der Waals surface area contributed by atoms with Crippen LogP contribution in [-0.4, -0.2) is 75.8 Å². The van der Waals surface area contributed by atoms with E-state index < -0.39 is 17.4 Å². The molecule has 0 spiro atoms. The number of rotatable bonds is 6. The number of nitrogens with one attached hydrogen (secondary N) is 1. The van der Waals surface area contributed by atoms with Crippen LogP contribution in [0.25, 0.3) is 10.9 Å². The number of carbonyl (C=O) groups excluding carboxylic acids is 1. The second-order valence-electron chi connectivity index (χ2n) is 7.93. The number of hydrogen-bond acceptors (Lipinski definition) is 6. The van der Waals surface area contributed by atoms with E-state index in [-0.39, 0.29) is 12.5 Å². The molecule has 32 heavy (non-hydrogen) atoms. The van der Waals surface area contributed by atoms with E-state index in [1.165, 1.54) is 13.1 Å². The number of H-pyrrole nitrogens is 1. The molecule has 1 amide bonds. The number of aromatic nitrogens is 2. The average Bonchev–Trinajstić information content (AvgIpc) is 2.82. The molecule has 0 bridgehead atoms. The molecule has 1 unspecified atom stereocenters. The fourth-order valence-electron chi connectivity index (χ4n) is 3.81. The minimum atomic E-state index is -0.628. The lowest BCUT2D eigenvalue weighted by molar-refractivity contribution is 0.0403. The summed E-state index contributed by atoms with van der Waals surface area (Å²) in [5.74, 6) is 0.559. The normalized spacial score (nSPS) is 15.6. The van der Waals surface area contributed by atoms with Gasteiger partial charge in [0, 0.05) is 45.3 Å². The number of amides is 1. The lowest BCUT2D eigenvalue weighted by Crippen LogP contribution is -2.51. The number of aliphatic hydroxyl groups is 1. The third-order valence-electron chi connectivity index (χ3n) is 5.66. The number of piperazine rings is 1. The van der Waals surface area contributed by atoms with Crippen LogP contribution in [0.5, 0.6) is 5.75 Å². The number of hydrogen-bond donors (Lipinski definition) is 2. The summed E-state index contributed by atoms with van der Waals surface area (Å²) in [5, 5.41) is 10.6. The van der Waals surface area contributed by atoms with Crippen LogP contribution in [0.1, 0.15) is 10.4 Å². The fraction of sp³-hybridized carbons (Fsp3) is 0.348. The van der Waals surface area contributed by atoms with Gasteiger partial charge in [0.15, 0.2) is 0 Å². The first-order valence-electron chi connectivity index (χ1n) is 10.5. The summed E-state index contributed by atoms with van der Waals surface area (Å²) in [5.41, 5.74) is -0.110. The van der Waals surface area contributed by atoms with Crippen molar-refractivity contribution in [3.05, 3.63) is 74.9 Å². The summed E-state index contributed by atoms with van der Waals surface area (Å²) in [4.78, 5) is 43.5. The van der Waals surface area contributed by atoms with Crippen molar-refractivity contribution in [3.63, 3.8) is 0 Å². The number of benzene rings is 2. The van der Waals surface area contributed by atoms with Gasteiger partial charge in [0.25, 0.3) is 11.5 Å². The molecular formula is C23H26N4O5. The number of β-amino-alcohol motifs (C(OH)–C–C–N with tert-alkyl or cyclic N) is 1. The molecule has 1 aliphatic rings. The molecule has 1 aliphatic heterocycles. The topological polar surface area (TPSA) is 108 Å². The maximum absolute atomic E-state index is 13.0. The van der Waals surface area contributed by atoms with Crippen LogP contribution in [0.2, 0.25) is 0 Å². The third-order valence-corrected chi connectivity index (χ3v) is 5.66. The van der Waals surface area contributed by atoms with Gasteiger partial charge in [-0.15, -0.1) is 0 Å². The minimum Gasteiger partial charge on any atom is -0.491 e. The standard InChI is InChI=1S/C23H26N4O5/c1-25-22(30)19-13-16(7-8-20(19)24-23(25)31)21(29)27-11-9-26(10-12-27)14-17(28)15-32-18-5-3-2-4-6-18/h2-8,13,17,28H,9-12,14-15H2,1H3,(H,24,31). The van der Waals surface area contributed by atoms with Gasteiger partial charge in [-0.1, -0.05) is 18.2 Å². The van der Waals surface area contributed by atoms with Crippen LogP contribution in [0.15, 0.2) is 58.1 Å². The molecule has 168 valence electrons. The highest BCUT2D eigenvalue weighted by Crippen LogP contribution is 2.14. The average molecular weight is 438 g/mol. The van der Waals surface area contributed by atoms with Crippen LogP contribution in [0.3, 0.4) is 0 Å². The first kappa shape index (κ1) is 21.8. The quantitative estimate of drug-likeness (QED) is 0.578. The Bertz CT molecular complexity index is 1210. The number of aromatic amines is 1. The van der Waals surface area contributed by atoms with Gasteiger partial charge >= 0.3 is 5.69 Å². The van der Waals surface area contributed by atoms with E-state index in [0.717, 1.165) is 10.3 Å². The van der Waals surface area contributed by atoms with Crippen molar-refractivity contribution < 1.29 is 14.6 Å². The summed E-state index contributed by atoms with van der Waals surface area (Å²) >= 11 is 0. The number of aliphatic hydroxyl groups excluding tert-OH is 1. The first-order valence-corrected chi connectivity index (χ1v) is 10.5. The van der Waals surface area contributed by atoms with Crippen LogP contribution in [0, 0.1) is 0 Å². The number of ether oxygens (including phenoxy) is 1. The van der Waals surface area contributed by atoms with Crippen molar-refractivity contribution in [1.29, 1.82) is 0 Å². The van der Waals surface area contributed by atoms with Gasteiger partial charge in [-0.2, -0.15) is 0 Å². The summed E-state index contributed by atoms with van der Waals surface area (Å²) in [6.07, 6.45) is -0.628. The Morgan fingerprint density at radius 3 is 2.53 bits per heavy atom. The Hall–Kier alpha value is -3.43. The predicted octanol–water partition coefficient (Wildman–Crippen LogP) is 0.425. The van der Waals surface area contributed by atoms with Crippen LogP contribution >= 0.6 is 0 Å². The molecule has 0 radical (unpaired) electrons. The lowest BCUT2D eigenvalue weighted by atomic mass is 10.1. The maximum atomic E-state index is 13.0. The largest absolute Gasteiger partial charge is 0.491 e. The van der Waals surface area contributed by atoms with Gasteiger partial charge in [0.05, 0.1) is 10.9 Å². The van der Waals surface area contributed by atoms with Crippen molar-refractivity contribution in [2.75, 3.05) is 39.3 Å². The molecule has 2 N–H and O–H groups in total. The monoisotopic (exact) mass is 438 g/mol. The molecule has 9 heteroatoms. The molecule has 1 fully saturated rings. The Labute approximate surface area is 184 Å². The summed E-state index contributed by atoms with van der Waals surface area (Å²) in [6.45, 7) is 2.98. The molecule has 0 saturated carbocycles. The number of fused-ring (bicyclic) bond motifs is 1. The van der Waals surface area contributed by atoms with Crippen LogP contribution in [0.4, 0.5) is 0 Å². The lowest BCUT2D eigenvalue weighted by Gasteiger charge is -2.35. The SMILES string of the molecule is Cn1c(=O)[nH]c2ccc(C(=O)N3CCN(CC(O)COc4ccccc4)CC3)cc2c1=O. The van der Waals surface area contributed by atoms with Crippen molar-refractivity contribution in [2.45, 2.75) is 6.10 Å². The van der Waals surface area contributed by atoms with Gasteiger partial charge in [-0.3, -0.25) is 19.1 Å². The number of nitrogens with zero attached hydrogens (tertiary/aromatic N) is 3. The first-order chi connectivity index (χ1) is 15.4. The Morgan fingerprint density at radius 1 is 1.09 bits per heavy atom. The molecule has 2 aromatic carbocycles. The molecule has 2 heterocycles. The van der Waals surface area contributed by atoms with Crippen LogP contribution < -0.4 is 16.0 Å². The van der Waals surface area contributed by atoms with Gasteiger partial charge in [0.1, 0.15) is 18.5 Å². The fourth-order valence-corrected chi connectivity index (χ4v) is 3.81. The predicted molar refractivity (Wildman–Crippen MR) is 120 cm³/mol. The zero-order valence-corrected chi connectivity index (χ0v) is 17.9. The number of para-hydroxylation sites is 1. The molecule has 9 nitrogen and oxygen atoms in total. The molecule has 1 saturated heterocycles. The van der Waals surface area contributed by atoms with E-state index in [1.807, 2.05) is 30.3 Å². The molecule has 1 atom stereocenters. The zero-order valence-electron chi connectivity index (χ0n) is 17.9. The summed E-state index contributed by atoms with van der Waals surface area (Å²) in [6, 6.07) is 14.1. The maximum Gasteiger partial charge on any atom is 0.328 e. The van der Waals surface area contributed by atoms with Crippen molar-refractivity contribution in [2.24, 2.45) is 7.05 Å². The highest BCUT2D eigenvalue weighted by molar-refractivity contribution is 5.97. The summed E-state index contributed by atoms with van der Waals surface area (Å²) < 4.78 is 6.58. The highest BCUT2D eigenvalue weighted by atomic mass is 16.5. The smallest absolute Gasteiger partial charge is 0.328 e. The van der Waals surface area contributed by atoms with E-state index in [4.69, 9.17) is 4.74 Å². The van der Waals surface area contributed by atoms with E-state index >= 15 is 0 Å². The zero-order chi connectivity index (χ0) is 22.7. The third kappa shape index (κ3) is 4.74. The van der Waals surface area contributed by atoms with Crippen molar-refractivity contribution in [3.8, 4) is 5.75 Å². The van der Waals surface area contributed by atoms with Gasteiger partial charge < -0.3 is 19.7 Å². The minimum absolute atomic E-state index is 0.159. The van der Waals surface area contributed by atoms with Crippen molar-refractivity contribution >= 4 is 16.8 Å². The van der Waals surface area contributed by atoms with Crippen molar-refractivity contribution in [1.82, 2.24) is 19.4 Å². The molecule has 0 aliphatic carbocycles. The van der Waals surface area contributed by atoms with Gasteiger partial charge in [0.2, 0.25) is 0 Å². The summed E-state index contributed by atoms with van der Waals surface area (Å²) in [7, 11) is 1.40. The Kier molecular flexibility index (Phi) is 6.38. The number of carbonyl (C=O) groups is 1. The molecule has 3 aromatic rings. The highest BCUT2D eigenvalue weighted by Gasteiger charge is 2.24.